The molecule has 3 heterocycles. The second kappa shape index (κ2) is 9.09. The third kappa shape index (κ3) is 5.07. The number of amides is 2. The molecule has 1 atom stereocenters. The summed E-state index contributed by atoms with van der Waals surface area (Å²) in [6.45, 7) is 7.29. The summed E-state index contributed by atoms with van der Waals surface area (Å²) in [6, 6.07) is 5.79. The van der Waals surface area contributed by atoms with E-state index in [1.54, 1.807) is 23.7 Å². The average Bonchev–Trinajstić information content (AvgIpc) is 3.12. The van der Waals surface area contributed by atoms with Crippen LogP contribution < -0.4 is 5.32 Å². The van der Waals surface area contributed by atoms with Crippen LogP contribution in [0.1, 0.15) is 60.2 Å². The van der Waals surface area contributed by atoms with Crippen LogP contribution in [0.15, 0.2) is 30.6 Å². The van der Waals surface area contributed by atoms with Crippen LogP contribution in [0.4, 0.5) is 5.69 Å². The van der Waals surface area contributed by atoms with Crippen molar-refractivity contribution in [2.24, 2.45) is 5.92 Å². The number of carbonyl (C=O) groups excluding carboxylic acids is 2. The van der Waals surface area contributed by atoms with Gasteiger partial charge in [-0.2, -0.15) is 0 Å². The van der Waals surface area contributed by atoms with Crippen LogP contribution in [-0.4, -0.2) is 44.8 Å². The first-order valence-corrected chi connectivity index (χ1v) is 11.5. The predicted octanol–water partition coefficient (Wildman–Crippen LogP) is 4.40. The van der Waals surface area contributed by atoms with Crippen molar-refractivity contribution in [3.8, 4) is 0 Å². The first-order valence-electron chi connectivity index (χ1n) is 10.7. The molecule has 2 amide bonds. The molecule has 1 saturated heterocycles. The van der Waals surface area contributed by atoms with Crippen molar-refractivity contribution in [3.63, 3.8) is 0 Å². The number of rotatable bonds is 5. The van der Waals surface area contributed by atoms with Gasteiger partial charge >= 0.3 is 0 Å². The van der Waals surface area contributed by atoms with Gasteiger partial charge in [0.2, 0.25) is 5.91 Å². The number of benzene rings is 1. The monoisotopic (exact) mass is 437 g/mol. The van der Waals surface area contributed by atoms with Crippen molar-refractivity contribution in [1.82, 2.24) is 19.9 Å². The molecule has 2 aromatic heterocycles. The number of fused-ring (bicyclic) bond motifs is 1. The highest BCUT2D eigenvalue weighted by molar-refractivity contribution is 7.18. The van der Waals surface area contributed by atoms with Gasteiger partial charge < -0.3 is 10.2 Å². The number of nitrogens with zero attached hydrogens (tertiary/aromatic N) is 4. The Labute approximate surface area is 185 Å². The number of aromatic nitrogens is 3. The van der Waals surface area contributed by atoms with E-state index in [2.05, 4.69) is 20.3 Å². The van der Waals surface area contributed by atoms with Gasteiger partial charge in [0.1, 0.15) is 5.82 Å². The Balaban J connectivity index is 1.35. The van der Waals surface area contributed by atoms with Gasteiger partial charge in [0.05, 0.1) is 20.8 Å². The lowest BCUT2D eigenvalue weighted by Crippen LogP contribution is -2.41. The Kier molecular flexibility index (Phi) is 6.27. The summed E-state index contributed by atoms with van der Waals surface area (Å²) in [5.74, 6) is 1.01. The minimum absolute atomic E-state index is 0.0236. The normalized spacial score (nSPS) is 16.6. The second-order valence-corrected chi connectivity index (χ2v) is 9.65. The maximum Gasteiger partial charge on any atom is 0.256 e. The number of likely N-dealkylation sites (tertiary alicyclic amines) is 1. The fourth-order valence-electron chi connectivity index (χ4n) is 3.94. The molecule has 0 saturated carbocycles. The minimum Gasteiger partial charge on any atom is -0.338 e. The van der Waals surface area contributed by atoms with Gasteiger partial charge in [-0.15, -0.1) is 11.3 Å². The fraction of sp³-hybridized carbons (Fsp3) is 0.435. The summed E-state index contributed by atoms with van der Waals surface area (Å²) in [5, 5.41) is 4.01. The predicted molar refractivity (Wildman–Crippen MR) is 122 cm³/mol. The van der Waals surface area contributed by atoms with Gasteiger partial charge in [0, 0.05) is 43.5 Å². The molecule has 0 aliphatic carbocycles. The molecule has 0 spiro atoms. The van der Waals surface area contributed by atoms with Crippen molar-refractivity contribution >= 4 is 39.1 Å². The third-order valence-electron chi connectivity index (χ3n) is 5.49. The topological polar surface area (TPSA) is 88.1 Å². The molecule has 1 N–H and O–H groups in total. The molecule has 0 unspecified atom stereocenters. The Morgan fingerprint density at radius 2 is 2.03 bits per heavy atom. The van der Waals surface area contributed by atoms with Crippen LogP contribution in [0.5, 0.6) is 0 Å². The molecule has 1 aromatic carbocycles. The average molecular weight is 438 g/mol. The summed E-state index contributed by atoms with van der Waals surface area (Å²) in [6.07, 6.45) is 5.44. The summed E-state index contributed by atoms with van der Waals surface area (Å²) in [7, 11) is 0. The van der Waals surface area contributed by atoms with Crippen LogP contribution in [0.3, 0.4) is 0 Å². The van der Waals surface area contributed by atoms with Gasteiger partial charge in [-0.1, -0.05) is 13.8 Å². The zero-order valence-electron chi connectivity index (χ0n) is 18.1. The molecule has 0 radical (unpaired) electrons. The Morgan fingerprint density at radius 3 is 2.77 bits per heavy atom. The largest absolute Gasteiger partial charge is 0.338 e. The van der Waals surface area contributed by atoms with E-state index in [9.17, 15) is 9.59 Å². The summed E-state index contributed by atoms with van der Waals surface area (Å²) < 4.78 is 1.07. The standard InChI is InChI=1S/C23H27N5O2S/c1-14(2)22-24-11-17(12-25-22)23(30)28-8-4-5-16(13-28)9-21(29)27-18-6-7-19-20(10-18)31-15(3)26-19/h6-7,10-12,14,16H,4-5,8-9,13H2,1-3H3,(H,27,29)/t16-/m1/s1. The third-order valence-corrected chi connectivity index (χ3v) is 6.43. The van der Waals surface area contributed by atoms with E-state index < -0.39 is 0 Å². The Morgan fingerprint density at radius 1 is 1.26 bits per heavy atom. The first-order chi connectivity index (χ1) is 14.9. The number of hydrogen-bond donors (Lipinski definition) is 1. The molecule has 3 aromatic rings. The van der Waals surface area contributed by atoms with Gasteiger partial charge in [-0.3, -0.25) is 9.59 Å². The number of piperidine rings is 1. The van der Waals surface area contributed by atoms with E-state index >= 15 is 0 Å². The lowest BCUT2D eigenvalue weighted by molar-refractivity contribution is -0.117. The van der Waals surface area contributed by atoms with Crippen LogP contribution in [0.25, 0.3) is 10.2 Å². The van der Waals surface area contributed by atoms with Gasteiger partial charge in [0.25, 0.3) is 5.91 Å². The molecular formula is C23H27N5O2S. The minimum atomic E-state index is -0.0635. The highest BCUT2D eigenvalue weighted by Crippen LogP contribution is 2.26. The Hall–Kier alpha value is -2.87. The van der Waals surface area contributed by atoms with E-state index in [-0.39, 0.29) is 23.7 Å². The Bertz CT molecular complexity index is 1090. The molecule has 31 heavy (non-hydrogen) atoms. The number of thiazole rings is 1. The molecular weight excluding hydrogens is 410 g/mol. The summed E-state index contributed by atoms with van der Waals surface area (Å²) >= 11 is 1.62. The number of carbonyl (C=O) groups is 2. The van der Waals surface area contributed by atoms with Crippen LogP contribution in [0.2, 0.25) is 0 Å². The number of aryl methyl sites for hydroxylation is 1. The van der Waals surface area contributed by atoms with Crippen molar-refractivity contribution < 1.29 is 9.59 Å². The zero-order valence-corrected chi connectivity index (χ0v) is 18.9. The van der Waals surface area contributed by atoms with Crippen molar-refractivity contribution in [2.45, 2.75) is 46.0 Å². The molecule has 7 nitrogen and oxygen atoms in total. The number of anilines is 1. The fourth-order valence-corrected chi connectivity index (χ4v) is 4.80. The maximum absolute atomic E-state index is 12.9. The highest BCUT2D eigenvalue weighted by Gasteiger charge is 2.26. The molecule has 1 aliphatic heterocycles. The molecule has 1 fully saturated rings. The van der Waals surface area contributed by atoms with E-state index in [0.717, 1.165) is 39.6 Å². The van der Waals surface area contributed by atoms with Crippen molar-refractivity contribution in [1.29, 1.82) is 0 Å². The van der Waals surface area contributed by atoms with Gasteiger partial charge in [-0.05, 0) is 43.9 Å². The zero-order chi connectivity index (χ0) is 22.0. The summed E-state index contributed by atoms with van der Waals surface area (Å²) in [5.41, 5.74) is 2.24. The number of nitrogens with one attached hydrogen (secondary N) is 1. The molecule has 8 heteroatoms. The van der Waals surface area contributed by atoms with Crippen LogP contribution in [-0.2, 0) is 4.79 Å². The smallest absolute Gasteiger partial charge is 0.256 e. The SMILES string of the molecule is Cc1nc2ccc(NC(=O)C[C@H]3CCCN(C(=O)c4cnc(C(C)C)nc4)C3)cc2s1. The van der Waals surface area contributed by atoms with E-state index in [4.69, 9.17) is 0 Å². The van der Waals surface area contributed by atoms with Gasteiger partial charge in [0.15, 0.2) is 0 Å². The first kappa shape index (κ1) is 21.4. The van der Waals surface area contributed by atoms with E-state index in [1.807, 2.05) is 43.9 Å². The van der Waals surface area contributed by atoms with Gasteiger partial charge in [-0.25, -0.2) is 15.0 Å². The molecule has 4 rings (SSSR count). The van der Waals surface area contributed by atoms with Crippen LogP contribution >= 0.6 is 11.3 Å². The molecule has 162 valence electrons. The van der Waals surface area contributed by atoms with Crippen LogP contribution in [0, 0.1) is 12.8 Å². The molecule has 0 bridgehead atoms. The van der Waals surface area contributed by atoms with Crippen molar-refractivity contribution in [3.05, 3.63) is 47.0 Å². The van der Waals surface area contributed by atoms with E-state index in [0.29, 0.717) is 25.1 Å². The quantitative estimate of drug-likeness (QED) is 0.639. The second-order valence-electron chi connectivity index (χ2n) is 8.41. The number of hydrogen-bond acceptors (Lipinski definition) is 6. The lowest BCUT2D eigenvalue weighted by atomic mass is 9.94. The highest BCUT2D eigenvalue weighted by atomic mass is 32.1. The van der Waals surface area contributed by atoms with Crippen molar-refractivity contribution in [2.75, 3.05) is 18.4 Å². The van der Waals surface area contributed by atoms with E-state index in [1.165, 1.54) is 0 Å². The maximum atomic E-state index is 12.9. The lowest BCUT2D eigenvalue weighted by Gasteiger charge is -2.32. The summed E-state index contributed by atoms with van der Waals surface area (Å²) in [4.78, 5) is 40.4. The molecule has 1 aliphatic rings.